The summed E-state index contributed by atoms with van der Waals surface area (Å²) in [6.07, 6.45) is 0. The van der Waals surface area contributed by atoms with Gasteiger partial charge in [0, 0.05) is 8.04 Å². The van der Waals surface area contributed by atoms with E-state index >= 15 is 0 Å². The second-order valence-electron chi connectivity index (χ2n) is 4.04. The highest BCUT2D eigenvalue weighted by atomic mass is 127. The Balaban J connectivity index is 2.46. The van der Waals surface area contributed by atoms with Crippen LogP contribution in [0.15, 0.2) is 46.9 Å². The van der Waals surface area contributed by atoms with Crippen molar-refractivity contribution in [3.8, 4) is 5.75 Å². The number of methoxy groups -OCH3 is 1. The van der Waals surface area contributed by atoms with Gasteiger partial charge in [0.1, 0.15) is 5.75 Å². The standard InChI is InChI=1S/C14H14BrIN2O/c1-19-11-4-2-3-9(7-11)14(18-17)12-8-10(16)5-6-13(12)15/h2-8,14,18H,17H2,1H3. The smallest absolute Gasteiger partial charge is 0.119 e. The molecule has 0 heterocycles. The molecule has 0 aliphatic rings. The van der Waals surface area contributed by atoms with Crippen molar-refractivity contribution in [1.82, 2.24) is 5.43 Å². The molecule has 0 aromatic heterocycles. The summed E-state index contributed by atoms with van der Waals surface area (Å²) < 4.78 is 7.45. The number of benzene rings is 2. The largest absolute Gasteiger partial charge is 0.497 e. The van der Waals surface area contributed by atoms with Crippen molar-refractivity contribution >= 4 is 38.5 Å². The highest BCUT2D eigenvalue weighted by Crippen LogP contribution is 2.30. The first-order valence-corrected chi connectivity index (χ1v) is 7.58. The van der Waals surface area contributed by atoms with Crippen LogP contribution in [0.2, 0.25) is 0 Å². The lowest BCUT2D eigenvalue weighted by Gasteiger charge is -2.19. The number of hydrazine groups is 1. The van der Waals surface area contributed by atoms with Gasteiger partial charge in [-0.2, -0.15) is 0 Å². The molecule has 2 rings (SSSR count). The molecule has 2 aromatic rings. The second-order valence-corrected chi connectivity index (χ2v) is 6.14. The maximum atomic E-state index is 5.73. The van der Waals surface area contributed by atoms with E-state index in [1.54, 1.807) is 7.11 Å². The summed E-state index contributed by atoms with van der Waals surface area (Å²) >= 11 is 5.87. The van der Waals surface area contributed by atoms with Gasteiger partial charge < -0.3 is 4.74 Å². The molecule has 0 saturated heterocycles. The van der Waals surface area contributed by atoms with E-state index in [9.17, 15) is 0 Å². The molecule has 0 aliphatic carbocycles. The highest BCUT2D eigenvalue weighted by Gasteiger charge is 2.16. The summed E-state index contributed by atoms with van der Waals surface area (Å²) in [7, 11) is 1.66. The Morgan fingerprint density at radius 1 is 1.26 bits per heavy atom. The van der Waals surface area contributed by atoms with Crippen LogP contribution < -0.4 is 16.0 Å². The van der Waals surface area contributed by atoms with Gasteiger partial charge in [0.15, 0.2) is 0 Å². The molecule has 3 N–H and O–H groups in total. The molecule has 0 saturated carbocycles. The number of halogens is 2. The average molecular weight is 433 g/mol. The Morgan fingerprint density at radius 3 is 2.74 bits per heavy atom. The van der Waals surface area contributed by atoms with Crippen LogP contribution in [0.4, 0.5) is 0 Å². The lowest BCUT2D eigenvalue weighted by atomic mass is 9.99. The molecular weight excluding hydrogens is 419 g/mol. The predicted octanol–water partition coefficient (Wildman–Crippen LogP) is 3.62. The summed E-state index contributed by atoms with van der Waals surface area (Å²) in [5.74, 6) is 6.55. The van der Waals surface area contributed by atoms with Crippen molar-refractivity contribution in [3.63, 3.8) is 0 Å². The average Bonchev–Trinajstić information content (AvgIpc) is 2.44. The van der Waals surface area contributed by atoms with Crippen LogP contribution in [0.3, 0.4) is 0 Å². The van der Waals surface area contributed by atoms with E-state index in [1.165, 1.54) is 3.57 Å². The Labute approximate surface area is 134 Å². The van der Waals surface area contributed by atoms with Crippen molar-refractivity contribution in [2.75, 3.05) is 7.11 Å². The van der Waals surface area contributed by atoms with E-state index in [0.717, 1.165) is 21.3 Å². The van der Waals surface area contributed by atoms with E-state index in [-0.39, 0.29) is 6.04 Å². The molecule has 1 atom stereocenters. The molecule has 100 valence electrons. The third kappa shape index (κ3) is 3.47. The topological polar surface area (TPSA) is 47.3 Å². The van der Waals surface area contributed by atoms with Crippen molar-refractivity contribution in [2.45, 2.75) is 6.04 Å². The molecule has 3 nitrogen and oxygen atoms in total. The molecule has 5 heteroatoms. The Bertz CT molecular complexity index is 577. The van der Waals surface area contributed by atoms with Gasteiger partial charge in [-0.05, 0) is 64.0 Å². The van der Waals surface area contributed by atoms with E-state index in [2.05, 4.69) is 50.0 Å². The molecule has 0 bridgehead atoms. The quantitative estimate of drug-likeness (QED) is 0.440. The van der Waals surface area contributed by atoms with Crippen molar-refractivity contribution in [3.05, 3.63) is 61.6 Å². The van der Waals surface area contributed by atoms with Gasteiger partial charge in [0.25, 0.3) is 0 Å². The van der Waals surface area contributed by atoms with Crippen LogP contribution in [0.1, 0.15) is 17.2 Å². The first kappa shape index (κ1) is 14.8. The number of rotatable bonds is 4. The van der Waals surface area contributed by atoms with Gasteiger partial charge in [-0.1, -0.05) is 28.1 Å². The minimum atomic E-state index is -0.0841. The third-order valence-corrected chi connectivity index (χ3v) is 4.26. The van der Waals surface area contributed by atoms with E-state index in [4.69, 9.17) is 10.6 Å². The van der Waals surface area contributed by atoms with Gasteiger partial charge in [-0.3, -0.25) is 5.84 Å². The molecule has 0 spiro atoms. The van der Waals surface area contributed by atoms with Crippen LogP contribution in [0.25, 0.3) is 0 Å². The summed E-state index contributed by atoms with van der Waals surface area (Å²) in [4.78, 5) is 0. The number of hydrogen-bond acceptors (Lipinski definition) is 3. The first-order valence-electron chi connectivity index (χ1n) is 5.70. The fourth-order valence-electron chi connectivity index (χ4n) is 1.92. The zero-order valence-corrected chi connectivity index (χ0v) is 14.1. The van der Waals surface area contributed by atoms with Gasteiger partial charge >= 0.3 is 0 Å². The third-order valence-electron chi connectivity index (χ3n) is 2.86. The summed E-state index contributed by atoms with van der Waals surface area (Å²) in [6, 6.07) is 14.0. The van der Waals surface area contributed by atoms with Crippen molar-refractivity contribution in [2.24, 2.45) is 5.84 Å². The number of ether oxygens (including phenoxy) is 1. The molecule has 0 aliphatic heterocycles. The maximum absolute atomic E-state index is 5.73. The minimum absolute atomic E-state index is 0.0841. The van der Waals surface area contributed by atoms with Crippen molar-refractivity contribution in [1.29, 1.82) is 0 Å². The SMILES string of the molecule is COc1cccc(C(NN)c2cc(I)ccc2Br)c1. The number of hydrogen-bond donors (Lipinski definition) is 2. The van der Waals surface area contributed by atoms with Gasteiger partial charge in [0.05, 0.1) is 13.2 Å². The lowest BCUT2D eigenvalue weighted by molar-refractivity contribution is 0.413. The number of nitrogens with one attached hydrogen (secondary N) is 1. The monoisotopic (exact) mass is 432 g/mol. The van der Waals surface area contributed by atoms with Gasteiger partial charge in [0.2, 0.25) is 0 Å². The zero-order valence-electron chi connectivity index (χ0n) is 10.4. The fourth-order valence-corrected chi connectivity index (χ4v) is 2.91. The normalized spacial score (nSPS) is 12.2. The summed E-state index contributed by atoms with van der Waals surface area (Å²) in [5, 5.41) is 0. The molecule has 2 aromatic carbocycles. The molecule has 0 radical (unpaired) electrons. The Hall–Kier alpha value is -0.630. The fraction of sp³-hybridized carbons (Fsp3) is 0.143. The molecular formula is C14H14BrIN2O. The molecule has 0 fully saturated rings. The maximum Gasteiger partial charge on any atom is 0.119 e. The van der Waals surface area contributed by atoms with Crippen molar-refractivity contribution < 1.29 is 4.74 Å². The molecule has 1 unspecified atom stereocenters. The lowest BCUT2D eigenvalue weighted by Crippen LogP contribution is -2.29. The van der Waals surface area contributed by atoms with Crippen LogP contribution in [0.5, 0.6) is 5.75 Å². The van der Waals surface area contributed by atoms with Crippen LogP contribution in [-0.2, 0) is 0 Å². The predicted molar refractivity (Wildman–Crippen MR) is 89.0 cm³/mol. The Kier molecular flexibility index (Phi) is 5.20. The molecule has 19 heavy (non-hydrogen) atoms. The summed E-state index contributed by atoms with van der Waals surface area (Å²) in [6.45, 7) is 0. The summed E-state index contributed by atoms with van der Waals surface area (Å²) in [5.41, 5.74) is 5.02. The van der Waals surface area contributed by atoms with Crippen LogP contribution in [0, 0.1) is 3.57 Å². The first-order chi connectivity index (χ1) is 9.15. The Morgan fingerprint density at radius 2 is 2.05 bits per heavy atom. The van der Waals surface area contributed by atoms with Crippen LogP contribution >= 0.6 is 38.5 Å². The van der Waals surface area contributed by atoms with Gasteiger partial charge in [-0.15, -0.1) is 0 Å². The highest BCUT2D eigenvalue weighted by molar-refractivity contribution is 14.1. The van der Waals surface area contributed by atoms with E-state index in [1.807, 2.05) is 36.4 Å². The van der Waals surface area contributed by atoms with E-state index in [0.29, 0.717) is 0 Å². The molecule has 0 amide bonds. The van der Waals surface area contributed by atoms with Gasteiger partial charge in [-0.25, -0.2) is 5.43 Å². The minimum Gasteiger partial charge on any atom is -0.497 e. The zero-order chi connectivity index (χ0) is 13.8. The number of nitrogens with two attached hydrogens (primary N) is 1. The van der Waals surface area contributed by atoms with Crippen LogP contribution in [-0.4, -0.2) is 7.11 Å². The van der Waals surface area contributed by atoms with E-state index < -0.39 is 0 Å². The second kappa shape index (κ2) is 6.69.